The van der Waals surface area contributed by atoms with Gasteiger partial charge in [0, 0.05) is 11.1 Å². The first-order valence-corrected chi connectivity index (χ1v) is 8.24. The molecule has 0 aliphatic carbocycles. The number of rotatable bonds is 3. The molecule has 0 aliphatic heterocycles. The summed E-state index contributed by atoms with van der Waals surface area (Å²) in [4.78, 5) is 0. The van der Waals surface area contributed by atoms with Crippen LogP contribution in [0, 0.1) is 0 Å². The predicted molar refractivity (Wildman–Crippen MR) is 103 cm³/mol. The molecule has 0 aliphatic rings. The Morgan fingerprint density at radius 2 is 1.62 bits per heavy atom. The van der Waals surface area contributed by atoms with Crippen LogP contribution in [0.5, 0.6) is 5.75 Å². The molecular formula is C18H26N6O2. The Labute approximate surface area is 153 Å². The Morgan fingerprint density at radius 1 is 1.08 bits per heavy atom. The third-order valence-electron chi connectivity index (χ3n) is 3.88. The van der Waals surface area contributed by atoms with E-state index in [4.69, 9.17) is 11.5 Å². The zero-order valence-electron chi connectivity index (χ0n) is 16.0. The summed E-state index contributed by atoms with van der Waals surface area (Å²) in [7, 11) is 0. The number of anilines is 1. The number of hydrogen-bond donors (Lipinski definition) is 3. The van der Waals surface area contributed by atoms with Crippen LogP contribution in [0.15, 0.2) is 27.0 Å². The molecule has 0 amide bonds. The molecule has 2 rings (SSSR count). The summed E-state index contributed by atoms with van der Waals surface area (Å²) in [5.41, 5.74) is 13.5. The van der Waals surface area contributed by atoms with E-state index < -0.39 is 0 Å². The Morgan fingerprint density at radius 3 is 2.04 bits per heavy atom. The largest absolute Gasteiger partial charge is 0.507 e. The molecule has 1 aromatic heterocycles. The predicted octanol–water partition coefficient (Wildman–Crippen LogP) is 2.69. The maximum absolute atomic E-state index is 10.7. The van der Waals surface area contributed by atoms with Gasteiger partial charge in [0.05, 0.1) is 6.21 Å². The average Bonchev–Trinajstić information content (AvgIpc) is 2.92. The molecule has 0 atom stereocenters. The Hall–Kier alpha value is -2.90. The Kier molecular flexibility index (Phi) is 5.06. The molecule has 2 aromatic rings. The minimum absolute atomic E-state index is 0.00543. The van der Waals surface area contributed by atoms with Gasteiger partial charge in [-0.25, -0.2) is 4.63 Å². The second-order valence-electron chi connectivity index (χ2n) is 8.19. The van der Waals surface area contributed by atoms with E-state index in [-0.39, 0.29) is 28.2 Å². The van der Waals surface area contributed by atoms with Crippen molar-refractivity contribution in [1.29, 1.82) is 0 Å². The molecule has 0 unspecified atom stereocenters. The van der Waals surface area contributed by atoms with Crippen molar-refractivity contribution in [2.45, 2.75) is 52.4 Å². The molecule has 8 heteroatoms. The van der Waals surface area contributed by atoms with Crippen LogP contribution in [0.25, 0.3) is 0 Å². The molecule has 0 fully saturated rings. The van der Waals surface area contributed by atoms with Crippen molar-refractivity contribution in [1.82, 2.24) is 10.3 Å². The van der Waals surface area contributed by atoms with Crippen LogP contribution < -0.4 is 11.5 Å². The second-order valence-corrected chi connectivity index (χ2v) is 8.19. The van der Waals surface area contributed by atoms with Crippen molar-refractivity contribution >= 4 is 17.9 Å². The van der Waals surface area contributed by atoms with Crippen LogP contribution >= 0.6 is 0 Å². The zero-order chi connectivity index (χ0) is 19.7. The van der Waals surface area contributed by atoms with Crippen LogP contribution in [0.3, 0.4) is 0 Å². The number of benzene rings is 1. The number of hydrogen-bond acceptors (Lipinski definition) is 7. The first-order chi connectivity index (χ1) is 11.9. The Balaban J connectivity index is 2.45. The minimum Gasteiger partial charge on any atom is -0.507 e. The lowest BCUT2D eigenvalue weighted by atomic mass is 9.78. The lowest BCUT2D eigenvalue weighted by Gasteiger charge is -2.27. The van der Waals surface area contributed by atoms with Gasteiger partial charge in [-0.15, -0.1) is 5.10 Å². The highest BCUT2D eigenvalue weighted by Crippen LogP contribution is 2.39. The summed E-state index contributed by atoms with van der Waals surface area (Å²) in [6, 6.07) is 3.79. The van der Waals surface area contributed by atoms with Gasteiger partial charge >= 0.3 is 0 Å². The first kappa shape index (κ1) is 19.4. The van der Waals surface area contributed by atoms with Gasteiger partial charge in [-0.1, -0.05) is 41.5 Å². The van der Waals surface area contributed by atoms with Crippen molar-refractivity contribution in [3.8, 4) is 5.75 Å². The lowest BCUT2D eigenvalue weighted by molar-refractivity contribution is 0.308. The number of aromatic hydroxyl groups is 1. The number of amidine groups is 1. The minimum atomic E-state index is -0.225. The van der Waals surface area contributed by atoms with Gasteiger partial charge in [0.1, 0.15) is 5.75 Å². The molecule has 26 heavy (non-hydrogen) atoms. The van der Waals surface area contributed by atoms with Crippen molar-refractivity contribution in [3.05, 3.63) is 34.5 Å². The summed E-state index contributed by atoms with van der Waals surface area (Å²) in [6.45, 7) is 12.3. The summed E-state index contributed by atoms with van der Waals surface area (Å²) < 4.78 is 4.49. The molecule has 8 nitrogen and oxygen atoms in total. The number of nitrogen functional groups attached to an aromatic ring is 1. The van der Waals surface area contributed by atoms with Gasteiger partial charge < -0.3 is 16.6 Å². The van der Waals surface area contributed by atoms with E-state index in [0.717, 1.165) is 16.7 Å². The SMILES string of the molecule is CC(C)(C)c1cc(C=N/N=C(\N)c2nonc2N)cc(C(C)(C)C)c1O. The molecule has 0 bridgehead atoms. The highest BCUT2D eigenvalue weighted by molar-refractivity contribution is 5.99. The number of nitrogens with two attached hydrogens (primary N) is 2. The molecule has 140 valence electrons. The molecular weight excluding hydrogens is 332 g/mol. The highest BCUT2D eigenvalue weighted by Gasteiger charge is 2.26. The summed E-state index contributed by atoms with van der Waals surface area (Å²) in [5.74, 6) is 0.369. The molecule has 5 N–H and O–H groups in total. The van der Waals surface area contributed by atoms with Crippen molar-refractivity contribution in [3.63, 3.8) is 0 Å². The van der Waals surface area contributed by atoms with Crippen molar-refractivity contribution in [2.24, 2.45) is 15.9 Å². The topological polar surface area (TPSA) is 136 Å². The van der Waals surface area contributed by atoms with Crippen molar-refractivity contribution in [2.75, 3.05) is 5.73 Å². The quantitative estimate of drug-likeness (QED) is 0.438. The average molecular weight is 358 g/mol. The molecule has 0 spiro atoms. The first-order valence-electron chi connectivity index (χ1n) is 8.24. The van der Waals surface area contributed by atoms with E-state index in [1.165, 1.54) is 0 Å². The van der Waals surface area contributed by atoms with Gasteiger partial charge in [-0.2, -0.15) is 5.10 Å². The van der Waals surface area contributed by atoms with E-state index in [0.29, 0.717) is 5.75 Å². The summed E-state index contributed by atoms with van der Waals surface area (Å²) >= 11 is 0. The third-order valence-corrected chi connectivity index (χ3v) is 3.88. The van der Waals surface area contributed by atoms with Gasteiger partial charge in [-0.05, 0) is 38.8 Å². The standard InChI is InChI=1S/C18H26N6O2/c1-17(2,3)11-7-10(8-12(14(11)25)18(4,5)6)9-21-22-15(19)13-16(20)24-26-23-13/h7-9,25H,1-6H3,(H2,19,22)(H2,20,24). The number of phenolic OH excluding ortho intramolecular Hbond substituents is 1. The lowest BCUT2D eigenvalue weighted by Crippen LogP contribution is -2.18. The monoisotopic (exact) mass is 358 g/mol. The van der Waals surface area contributed by atoms with E-state index >= 15 is 0 Å². The van der Waals surface area contributed by atoms with Crippen LogP contribution in [0.1, 0.15) is 63.9 Å². The highest BCUT2D eigenvalue weighted by atomic mass is 16.6. The molecule has 1 aromatic carbocycles. The smallest absolute Gasteiger partial charge is 0.199 e. The van der Waals surface area contributed by atoms with E-state index in [1.54, 1.807) is 6.21 Å². The summed E-state index contributed by atoms with van der Waals surface area (Å²) in [5, 5.41) is 25.6. The second kappa shape index (κ2) is 6.78. The van der Waals surface area contributed by atoms with Gasteiger partial charge in [0.25, 0.3) is 0 Å². The fourth-order valence-corrected chi connectivity index (χ4v) is 2.45. The molecule has 0 radical (unpaired) electrons. The third kappa shape index (κ3) is 4.19. The summed E-state index contributed by atoms with van der Waals surface area (Å²) in [6.07, 6.45) is 1.57. The maximum Gasteiger partial charge on any atom is 0.199 e. The van der Waals surface area contributed by atoms with Gasteiger partial charge in [0.15, 0.2) is 17.3 Å². The zero-order valence-corrected chi connectivity index (χ0v) is 16.0. The number of nitrogens with zero attached hydrogens (tertiary/aromatic N) is 4. The maximum atomic E-state index is 10.7. The van der Waals surface area contributed by atoms with E-state index in [1.807, 2.05) is 53.7 Å². The van der Waals surface area contributed by atoms with Crippen LogP contribution in [-0.4, -0.2) is 27.5 Å². The molecule has 0 saturated heterocycles. The normalized spacial score (nSPS) is 13.5. The van der Waals surface area contributed by atoms with Crippen LogP contribution in [0.2, 0.25) is 0 Å². The van der Waals surface area contributed by atoms with E-state index in [2.05, 4.69) is 25.1 Å². The number of aromatic nitrogens is 2. The fourth-order valence-electron chi connectivity index (χ4n) is 2.45. The number of phenols is 1. The van der Waals surface area contributed by atoms with Crippen molar-refractivity contribution < 1.29 is 9.74 Å². The fraction of sp³-hybridized carbons (Fsp3) is 0.444. The molecule has 0 saturated carbocycles. The van der Waals surface area contributed by atoms with Gasteiger partial charge in [-0.3, -0.25) is 0 Å². The Bertz CT molecular complexity index is 818. The molecule has 1 heterocycles. The van der Waals surface area contributed by atoms with Crippen LogP contribution in [0.4, 0.5) is 5.82 Å². The van der Waals surface area contributed by atoms with E-state index in [9.17, 15) is 5.11 Å². The van der Waals surface area contributed by atoms with Gasteiger partial charge in [0.2, 0.25) is 0 Å². The van der Waals surface area contributed by atoms with Crippen LogP contribution in [-0.2, 0) is 10.8 Å².